The van der Waals surface area contributed by atoms with E-state index in [4.69, 9.17) is 14.5 Å². The van der Waals surface area contributed by atoms with Crippen molar-refractivity contribution in [3.63, 3.8) is 0 Å². The third kappa shape index (κ3) is 6.31. The third-order valence-corrected chi connectivity index (χ3v) is 10.7. The lowest BCUT2D eigenvalue weighted by Crippen LogP contribution is -2.52. The quantitative estimate of drug-likeness (QED) is 0.191. The van der Waals surface area contributed by atoms with Gasteiger partial charge in [-0.1, -0.05) is 19.6 Å². The van der Waals surface area contributed by atoms with Crippen LogP contribution in [0.2, 0.25) is 25.7 Å². The number of halogens is 1. The molecule has 1 aromatic carbocycles. The average Bonchev–Trinajstić information content (AvgIpc) is 3.58. The van der Waals surface area contributed by atoms with Crippen LogP contribution in [-0.2, 0) is 30.3 Å². The van der Waals surface area contributed by atoms with Crippen LogP contribution in [0.25, 0.3) is 33.1 Å². The second kappa shape index (κ2) is 11.8. The molecule has 2 atom stereocenters. The van der Waals surface area contributed by atoms with E-state index in [-0.39, 0.29) is 30.4 Å². The Morgan fingerprint density at radius 2 is 1.78 bits per heavy atom. The molecule has 6 rings (SSSR count). The molecule has 248 valence electrons. The van der Waals surface area contributed by atoms with Crippen LogP contribution >= 0.6 is 0 Å². The van der Waals surface area contributed by atoms with Gasteiger partial charge in [0.05, 0.1) is 16.3 Å². The number of fused-ring (bicyclic) bond motifs is 4. The van der Waals surface area contributed by atoms with Crippen molar-refractivity contribution in [2.24, 2.45) is 14.1 Å². The Kier molecular flexibility index (Phi) is 8.28. The molecule has 0 radical (unpaired) electrons. The molecule has 2 aliphatic rings. The fourth-order valence-electron chi connectivity index (χ4n) is 6.86. The van der Waals surface area contributed by atoms with E-state index in [2.05, 4.69) is 35.0 Å². The normalized spacial score (nSPS) is 20.2. The highest BCUT2D eigenvalue weighted by atomic mass is 28.3. The lowest BCUT2D eigenvalue weighted by Gasteiger charge is -2.40. The number of nitrogens with zero attached hydrogens (tertiary/aromatic N) is 6. The molecular weight excluding hydrogens is 605 g/mol. The van der Waals surface area contributed by atoms with E-state index >= 15 is 4.39 Å². The van der Waals surface area contributed by atoms with Gasteiger partial charge in [0, 0.05) is 70.4 Å². The van der Waals surface area contributed by atoms with Crippen molar-refractivity contribution in [3.05, 3.63) is 40.7 Å². The van der Waals surface area contributed by atoms with E-state index in [9.17, 15) is 9.59 Å². The summed E-state index contributed by atoms with van der Waals surface area (Å²) in [5, 5.41) is 8.15. The van der Waals surface area contributed by atoms with Crippen LogP contribution in [0.15, 0.2) is 29.3 Å². The second-order valence-corrected chi connectivity index (χ2v) is 20.7. The summed E-state index contributed by atoms with van der Waals surface area (Å²) in [5.74, 6) is 0.157. The lowest BCUT2D eigenvalue weighted by molar-refractivity contribution is 0.0492. The highest BCUT2D eigenvalue weighted by molar-refractivity contribution is 6.76. The summed E-state index contributed by atoms with van der Waals surface area (Å²) in [7, 11) is 2.18. The van der Waals surface area contributed by atoms with Gasteiger partial charge in [-0.15, -0.1) is 0 Å². The first kappa shape index (κ1) is 32.2. The number of amides is 1. The van der Waals surface area contributed by atoms with Gasteiger partial charge >= 0.3 is 6.09 Å². The van der Waals surface area contributed by atoms with Gasteiger partial charge in [-0.3, -0.25) is 14.0 Å². The van der Waals surface area contributed by atoms with Crippen LogP contribution in [0.3, 0.4) is 0 Å². The molecule has 0 saturated carbocycles. The van der Waals surface area contributed by atoms with E-state index in [1.807, 2.05) is 25.3 Å². The Morgan fingerprint density at radius 3 is 2.43 bits per heavy atom. The van der Waals surface area contributed by atoms with Crippen LogP contribution in [-0.4, -0.2) is 68.4 Å². The molecule has 2 saturated heterocycles. The average molecular weight is 652 g/mol. The largest absolute Gasteiger partial charge is 0.444 e. The van der Waals surface area contributed by atoms with Crippen molar-refractivity contribution >= 4 is 42.1 Å². The summed E-state index contributed by atoms with van der Waals surface area (Å²) in [4.78, 5) is 34.2. The summed E-state index contributed by atoms with van der Waals surface area (Å²) in [6.07, 6.45) is 6.37. The molecule has 2 aliphatic heterocycles. The van der Waals surface area contributed by atoms with E-state index < -0.39 is 25.6 Å². The maximum atomic E-state index is 16.0. The molecule has 1 N–H and O–H groups in total. The number of alkyl carbamates (subject to hydrolysis) is 1. The van der Waals surface area contributed by atoms with Crippen molar-refractivity contribution in [1.82, 2.24) is 29.2 Å². The van der Waals surface area contributed by atoms with Crippen LogP contribution in [0.4, 0.5) is 15.1 Å². The molecule has 1 amide bonds. The first-order chi connectivity index (χ1) is 21.6. The van der Waals surface area contributed by atoms with Crippen LogP contribution in [0.5, 0.6) is 0 Å². The summed E-state index contributed by atoms with van der Waals surface area (Å²) < 4.78 is 32.7. The number of hydrogen-bond donors (Lipinski definition) is 1. The van der Waals surface area contributed by atoms with Crippen molar-refractivity contribution in [2.45, 2.75) is 103 Å². The molecule has 0 aliphatic carbocycles. The molecule has 0 spiro atoms. The molecule has 46 heavy (non-hydrogen) atoms. The fraction of sp³-hybridized carbons (Fsp3) is 0.576. The summed E-state index contributed by atoms with van der Waals surface area (Å²) in [6, 6.07) is 4.66. The number of nitrogens with one attached hydrogen (secondary N) is 1. The van der Waals surface area contributed by atoms with E-state index in [0.717, 1.165) is 31.7 Å². The van der Waals surface area contributed by atoms with E-state index in [0.29, 0.717) is 45.6 Å². The van der Waals surface area contributed by atoms with Crippen LogP contribution in [0, 0.1) is 5.82 Å². The van der Waals surface area contributed by atoms with Gasteiger partial charge in [0.2, 0.25) is 5.95 Å². The Hall–Kier alpha value is -3.71. The number of rotatable bonds is 8. The van der Waals surface area contributed by atoms with Gasteiger partial charge < -0.3 is 24.3 Å². The predicted octanol–water partition coefficient (Wildman–Crippen LogP) is 5.76. The van der Waals surface area contributed by atoms with Gasteiger partial charge in [0.15, 0.2) is 5.65 Å². The van der Waals surface area contributed by atoms with E-state index in [1.165, 1.54) is 0 Å². The zero-order chi connectivity index (χ0) is 33.1. The molecule has 13 heteroatoms. The Balaban J connectivity index is 1.38. The maximum absolute atomic E-state index is 16.0. The fourth-order valence-corrected chi connectivity index (χ4v) is 7.62. The zero-order valence-corrected chi connectivity index (χ0v) is 29.2. The predicted molar refractivity (Wildman–Crippen MR) is 180 cm³/mol. The second-order valence-electron chi connectivity index (χ2n) is 15.1. The first-order valence-corrected chi connectivity index (χ1v) is 19.9. The molecule has 2 bridgehead atoms. The zero-order valence-electron chi connectivity index (χ0n) is 28.2. The van der Waals surface area contributed by atoms with E-state index in [1.54, 1.807) is 47.9 Å². The standard InChI is InChI=1S/C33H46FN7O4Si/c1-33(2,3)45-32(43)35-20-15-21-9-10-22(16-20)41(21)31-36-29-27(30(42)39(31)5)24(18-40(29)19-44-13-14-46(6,7)8)23-11-12-26-25(28(23)34)17-38(4)37-26/h11-12,17-18,20-22H,9-10,13-16,19H2,1-8H3,(H,35,43). The number of ether oxygens (including phenoxy) is 2. The molecule has 2 unspecified atom stereocenters. The third-order valence-electron chi connectivity index (χ3n) is 9.01. The SMILES string of the molecule is Cn1cc2c(F)c(-c3cn(COCC[Si](C)(C)C)c4nc(N5C6CCC5CC(NC(=O)OC(C)(C)C)C6)n(C)c(=O)c34)ccc2n1. The van der Waals surface area contributed by atoms with Crippen molar-refractivity contribution in [1.29, 1.82) is 0 Å². The van der Waals surface area contributed by atoms with Gasteiger partial charge in [0.1, 0.15) is 18.1 Å². The van der Waals surface area contributed by atoms with Crippen LogP contribution < -0.4 is 15.8 Å². The number of hydrogen-bond acceptors (Lipinski definition) is 7. The van der Waals surface area contributed by atoms with Crippen molar-refractivity contribution < 1.29 is 18.7 Å². The highest BCUT2D eigenvalue weighted by Crippen LogP contribution is 2.40. The monoisotopic (exact) mass is 651 g/mol. The number of benzene rings is 1. The minimum absolute atomic E-state index is 0.0232. The summed E-state index contributed by atoms with van der Waals surface area (Å²) in [5.41, 5.74) is 1.02. The number of anilines is 1. The van der Waals surface area contributed by atoms with Gasteiger partial charge in [-0.25, -0.2) is 9.18 Å². The number of aryl methyl sites for hydroxylation is 1. The molecule has 4 aromatic rings. The minimum atomic E-state index is -1.31. The number of piperidine rings is 1. The molecule has 3 aromatic heterocycles. The number of carbonyl (C=O) groups is 1. The molecule has 5 heterocycles. The summed E-state index contributed by atoms with van der Waals surface area (Å²) in [6.45, 7) is 13.3. The Labute approximate surface area is 269 Å². The highest BCUT2D eigenvalue weighted by Gasteiger charge is 2.43. The Bertz CT molecular complexity index is 1840. The number of carbonyl (C=O) groups excluding carboxylic acids is 1. The Morgan fingerprint density at radius 1 is 1.09 bits per heavy atom. The minimum Gasteiger partial charge on any atom is -0.444 e. The topological polar surface area (TPSA) is 108 Å². The van der Waals surface area contributed by atoms with Gasteiger partial charge in [-0.05, 0) is 64.6 Å². The first-order valence-electron chi connectivity index (χ1n) is 16.2. The smallest absolute Gasteiger partial charge is 0.407 e. The molecule has 11 nitrogen and oxygen atoms in total. The van der Waals surface area contributed by atoms with Crippen LogP contribution in [0.1, 0.15) is 46.5 Å². The molecule has 2 fully saturated rings. The van der Waals surface area contributed by atoms with Gasteiger partial charge in [-0.2, -0.15) is 10.1 Å². The van der Waals surface area contributed by atoms with Crippen molar-refractivity contribution in [3.8, 4) is 11.1 Å². The summed E-state index contributed by atoms with van der Waals surface area (Å²) >= 11 is 0. The van der Waals surface area contributed by atoms with Gasteiger partial charge in [0.25, 0.3) is 5.56 Å². The number of aromatic nitrogens is 5. The molecular formula is C33H46FN7O4Si. The lowest BCUT2D eigenvalue weighted by atomic mass is 9.98. The maximum Gasteiger partial charge on any atom is 0.407 e. The van der Waals surface area contributed by atoms with Crippen molar-refractivity contribution in [2.75, 3.05) is 11.5 Å².